The molecule has 2 aromatic rings. The van der Waals surface area contributed by atoms with Gasteiger partial charge in [-0.25, -0.2) is 0 Å². The van der Waals surface area contributed by atoms with Crippen LogP contribution >= 0.6 is 0 Å². The van der Waals surface area contributed by atoms with Crippen molar-refractivity contribution in [1.29, 1.82) is 0 Å². The van der Waals surface area contributed by atoms with E-state index in [1.165, 1.54) is 12.1 Å². The Kier molecular flexibility index (Phi) is 5.67. The van der Waals surface area contributed by atoms with Crippen LogP contribution < -0.4 is 4.74 Å². The van der Waals surface area contributed by atoms with Crippen molar-refractivity contribution < 1.29 is 17.9 Å². The smallest absolute Gasteiger partial charge is 0.416 e. The molecule has 1 fully saturated rings. The number of alkyl halides is 3. The molecule has 3 rings (SSSR count). The minimum absolute atomic E-state index is 0.224. The fraction of sp³-hybridized carbons (Fsp3) is 0.333. The van der Waals surface area contributed by atoms with Gasteiger partial charge in [-0.1, -0.05) is 36.4 Å². The highest BCUT2D eigenvalue weighted by Gasteiger charge is 2.29. The van der Waals surface area contributed by atoms with E-state index in [4.69, 9.17) is 4.74 Å². The van der Waals surface area contributed by atoms with Crippen molar-refractivity contribution >= 4 is 12.2 Å². The highest BCUT2D eigenvalue weighted by Crippen LogP contribution is 2.29. The van der Waals surface area contributed by atoms with E-state index in [1.807, 2.05) is 30.3 Å². The van der Waals surface area contributed by atoms with Crippen LogP contribution in [0.5, 0.6) is 5.75 Å². The summed E-state index contributed by atoms with van der Waals surface area (Å²) in [7, 11) is 2.10. The number of hydrogen-bond donors (Lipinski definition) is 0. The molecule has 138 valence electrons. The van der Waals surface area contributed by atoms with Crippen LogP contribution in [0.15, 0.2) is 48.5 Å². The van der Waals surface area contributed by atoms with Crippen molar-refractivity contribution in [1.82, 2.24) is 4.90 Å². The fourth-order valence-corrected chi connectivity index (χ4v) is 3.04. The monoisotopic (exact) mass is 361 g/mol. The van der Waals surface area contributed by atoms with Gasteiger partial charge >= 0.3 is 6.18 Å². The Morgan fingerprint density at radius 1 is 0.962 bits per heavy atom. The number of likely N-dealkylation sites (tertiary alicyclic amines) is 1. The second-order valence-electron chi connectivity index (χ2n) is 6.67. The zero-order valence-electron chi connectivity index (χ0n) is 14.7. The minimum atomic E-state index is -4.30. The molecule has 0 unspecified atom stereocenters. The van der Waals surface area contributed by atoms with E-state index < -0.39 is 11.7 Å². The van der Waals surface area contributed by atoms with E-state index in [9.17, 15) is 13.2 Å². The Labute approximate surface area is 151 Å². The summed E-state index contributed by atoms with van der Waals surface area (Å²) in [4.78, 5) is 2.27. The first kappa shape index (κ1) is 18.5. The summed E-state index contributed by atoms with van der Waals surface area (Å²) >= 11 is 0. The molecule has 1 aliphatic rings. The number of ether oxygens (including phenoxy) is 1. The summed E-state index contributed by atoms with van der Waals surface area (Å²) in [6.07, 6.45) is 1.81. The SMILES string of the molecule is CN1CCC[C@@H](Oc2ccc(/C=C/c3ccc(C(F)(F)F)cc3)cc2)C1. The topological polar surface area (TPSA) is 12.5 Å². The second kappa shape index (κ2) is 7.96. The molecule has 0 amide bonds. The highest BCUT2D eigenvalue weighted by atomic mass is 19.4. The highest BCUT2D eigenvalue weighted by molar-refractivity contribution is 5.69. The predicted molar refractivity (Wildman–Crippen MR) is 98.0 cm³/mol. The molecule has 1 heterocycles. The van der Waals surface area contributed by atoms with Gasteiger partial charge in [0.05, 0.1) is 5.56 Å². The maximum atomic E-state index is 12.6. The molecule has 0 spiro atoms. The number of rotatable bonds is 4. The van der Waals surface area contributed by atoms with E-state index in [0.29, 0.717) is 0 Å². The van der Waals surface area contributed by atoms with Gasteiger partial charge in [-0.05, 0) is 61.8 Å². The third kappa shape index (κ3) is 5.11. The van der Waals surface area contributed by atoms with Gasteiger partial charge in [0.2, 0.25) is 0 Å². The van der Waals surface area contributed by atoms with E-state index in [2.05, 4.69) is 11.9 Å². The van der Waals surface area contributed by atoms with Crippen LogP contribution in [0.1, 0.15) is 29.5 Å². The third-order valence-electron chi connectivity index (χ3n) is 4.47. The van der Waals surface area contributed by atoms with Crippen molar-refractivity contribution in [3.05, 3.63) is 65.2 Å². The lowest BCUT2D eigenvalue weighted by Crippen LogP contribution is -2.38. The van der Waals surface area contributed by atoms with Crippen LogP contribution in [-0.2, 0) is 6.18 Å². The van der Waals surface area contributed by atoms with Crippen LogP contribution in [0.2, 0.25) is 0 Å². The summed E-state index contributed by atoms with van der Waals surface area (Å²) in [5.74, 6) is 0.844. The molecule has 0 radical (unpaired) electrons. The summed E-state index contributed by atoms with van der Waals surface area (Å²) < 4.78 is 43.7. The molecule has 1 aliphatic heterocycles. The zero-order chi connectivity index (χ0) is 18.6. The van der Waals surface area contributed by atoms with Crippen molar-refractivity contribution in [2.75, 3.05) is 20.1 Å². The van der Waals surface area contributed by atoms with E-state index in [1.54, 1.807) is 6.08 Å². The van der Waals surface area contributed by atoms with Crippen molar-refractivity contribution in [2.45, 2.75) is 25.1 Å². The van der Waals surface area contributed by atoms with Crippen LogP contribution in [-0.4, -0.2) is 31.1 Å². The molecule has 2 nitrogen and oxygen atoms in total. The Balaban J connectivity index is 1.59. The maximum absolute atomic E-state index is 12.6. The van der Waals surface area contributed by atoms with Crippen LogP contribution in [0.25, 0.3) is 12.2 Å². The van der Waals surface area contributed by atoms with Gasteiger partial charge in [0.15, 0.2) is 0 Å². The summed E-state index contributed by atoms with van der Waals surface area (Å²) in [6.45, 7) is 2.06. The van der Waals surface area contributed by atoms with Crippen LogP contribution in [0.4, 0.5) is 13.2 Å². The second-order valence-corrected chi connectivity index (χ2v) is 6.67. The quantitative estimate of drug-likeness (QED) is 0.681. The van der Waals surface area contributed by atoms with Gasteiger partial charge in [-0.15, -0.1) is 0 Å². The lowest BCUT2D eigenvalue weighted by Gasteiger charge is -2.30. The van der Waals surface area contributed by atoms with Gasteiger partial charge in [0, 0.05) is 6.54 Å². The molecule has 0 bridgehead atoms. The zero-order valence-corrected chi connectivity index (χ0v) is 14.7. The maximum Gasteiger partial charge on any atom is 0.416 e. The van der Waals surface area contributed by atoms with Crippen molar-refractivity contribution in [3.63, 3.8) is 0 Å². The van der Waals surface area contributed by atoms with Crippen molar-refractivity contribution in [3.8, 4) is 5.75 Å². The summed E-state index contributed by atoms with van der Waals surface area (Å²) in [5, 5.41) is 0. The number of benzene rings is 2. The Morgan fingerprint density at radius 2 is 1.54 bits per heavy atom. The average Bonchev–Trinajstić information content (AvgIpc) is 2.61. The lowest BCUT2D eigenvalue weighted by molar-refractivity contribution is -0.137. The number of nitrogens with zero attached hydrogens (tertiary/aromatic N) is 1. The van der Waals surface area contributed by atoms with E-state index in [-0.39, 0.29) is 6.10 Å². The molecule has 0 aliphatic carbocycles. The molecule has 5 heteroatoms. The number of halogens is 3. The largest absolute Gasteiger partial charge is 0.489 e. The van der Waals surface area contributed by atoms with Crippen LogP contribution in [0, 0.1) is 0 Å². The molecule has 0 saturated carbocycles. The molecule has 2 aromatic carbocycles. The molecule has 0 aromatic heterocycles. The predicted octanol–water partition coefficient (Wildman–Crippen LogP) is 5.35. The Bertz CT molecular complexity index is 735. The first-order valence-corrected chi connectivity index (χ1v) is 8.71. The van der Waals surface area contributed by atoms with Gasteiger partial charge in [-0.3, -0.25) is 0 Å². The fourth-order valence-electron chi connectivity index (χ4n) is 3.04. The van der Waals surface area contributed by atoms with Gasteiger partial charge in [0.25, 0.3) is 0 Å². The van der Waals surface area contributed by atoms with Crippen LogP contribution in [0.3, 0.4) is 0 Å². The number of piperidine rings is 1. The minimum Gasteiger partial charge on any atom is -0.489 e. The van der Waals surface area contributed by atoms with Gasteiger partial charge in [0.1, 0.15) is 11.9 Å². The standard InChI is InChI=1S/C21H22F3NO/c1-25-14-2-3-20(15-25)26-19-12-8-17(9-13-19)5-4-16-6-10-18(11-7-16)21(22,23)24/h4-13,20H,2-3,14-15H2,1H3/b5-4+/t20-/m1/s1. The first-order valence-electron chi connectivity index (χ1n) is 8.71. The molecular formula is C21H22F3NO. The van der Waals surface area contributed by atoms with E-state index >= 15 is 0 Å². The van der Waals surface area contributed by atoms with E-state index in [0.717, 1.165) is 54.9 Å². The van der Waals surface area contributed by atoms with Crippen molar-refractivity contribution in [2.24, 2.45) is 0 Å². The lowest BCUT2D eigenvalue weighted by atomic mass is 10.1. The summed E-state index contributed by atoms with van der Waals surface area (Å²) in [5.41, 5.74) is 1.06. The average molecular weight is 361 g/mol. The third-order valence-corrected chi connectivity index (χ3v) is 4.47. The Morgan fingerprint density at radius 3 is 2.08 bits per heavy atom. The molecule has 0 N–H and O–H groups in total. The molecule has 26 heavy (non-hydrogen) atoms. The number of likely N-dealkylation sites (N-methyl/N-ethyl adjacent to an activating group) is 1. The first-order chi connectivity index (χ1) is 12.4. The van der Waals surface area contributed by atoms with Gasteiger partial charge in [-0.2, -0.15) is 13.2 Å². The molecule has 1 saturated heterocycles. The summed E-state index contributed by atoms with van der Waals surface area (Å²) in [6, 6.07) is 12.9. The Hall–Kier alpha value is -2.27. The number of hydrogen-bond acceptors (Lipinski definition) is 2. The normalized spacial score (nSPS) is 19.0. The van der Waals surface area contributed by atoms with Gasteiger partial charge < -0.3 is 9.64 Å². The molecular weight excluding hydrogens is 339 g/mol. The molecule has 1 atom stereocenters.